The molecule has 1 aliphatic heterocycles. The van der Waals surface area contributed by atoms with E-state index in [1.807, 2.05) is 20.0 Å². The van der Waals surface area contributed by atoms with Gasteiger partial charge in [-0.3, -0.25) is 0 Å². The lowest BCUT2D eigenvalue weighted by Crippen LogP contribution is -2.20. The van der Waals surface area contributed by atoms with Gasteiger partial charge in [0.1, 0.15) is 13.2 Å². The smallest absolute Gasteiger partial charge is 0.161 e. The fourth-order valence-corrected chi connectivity index (χ4v) is 3.00. The van der Waals surface area contributed by atoms with Crippen LogP contribution in [-0.4, -0.2) is 25.2 Å². The minimum atomic E-state index is 0.229. The van der Waals surface area contributed by atoms with Crippen LogP contribution in [0.15, 0.2) is 23.6 Å². The number of likely N-dealkylation sites (N-methyl/N-ethyl adjacent to an activating group) is 1. The van der Waals surface area contributed by atoms with Crippen LogP contribution >= 0.6 is 11.3 Å². The van der Waals surface area contributed by atoms with Gasteiger partial charge in [0.2, 0.25) is 0 Å². The Balaban J connectivity index is 1.81. The standard InChI is InChI=1S/C15H18N2O2S/c1-10-17-12(9-20-10)8-13(16-2)11-3-4-14-15(7-11)19-6-5-18-14/h3-4,7,9,13,16H,5-6,8H2,1-2H3. The van der Waals surface area contributed by atoms with E-state index in [2.05, 4.69) is 27.8 Å². The van der Waals surface area contributed by atoms with Crippen LogP contribution < -0.4 is 14.8 Å². The third-order valence-electron chi connectivity index (χ3n) is 3.40. The van der Waals surface area contributed by atoms with Crippen LogP contribution in [0.5, 0.6) is 11.5 Å². The first kappa shape index (κ1) is 13.4. The topological polar surface area (TPSA) is 43.4 Å². The summed E-state index contributed by atoms with van der Waals surface area (Å²) in [4.78, 5) is 4.53. The number of rotatable bonds is 4. The SMILES string of the molecule is CNC(Cc1csc(C)n1)c1ccc2c(c1)OCCO2. The van der Waals surface area contributed by atoms with Crippen molar-refractivity contribution in [3.63, 3.8) is 0 Å². The van der Waals surface area contributed by atoms with E-state index in [-0.39, 0.29) is 6.04 Å². The lowest BCUT2D eigenvalue weighted by atomic mass is 10.0. The number of nitrogens with one attached hydrogen (secondary N) is 1. The second-order valence-electron chi connectivity index (χ2n) is 4.81. The van der Waals surface area contributed by atoms with Gasteiger partial charge in [-0.15, -0.1) is 11.3 Å². The van der Waals surface area contributed by atoms with E-state index < -0.39 is 0 Å². The molecule has 106 valence electrons. The number of ether oxygens (including phenoxy) is 2. The van der Waals surface area contributed by atoms with Crippen molar-refractivity contribution in [2.45, 2.75) is 19.4 Å². The Bertz CT molecular complexity index is 597. The van der Waals surface area contributed by atoms with Crippen molar-refractivity contribution >= 4 is 11.3 Å². The van der Waals surface area contributed by atoms with E-state index in [0.717, 1.165) is 28.6 Å². The molecule has 1 atom stereocenters. The second kappa shape index (κ2) is 5.81. The summed E-state index contributed by atoms with van der Waals surface area (Å²) in [6, 6.07) is 6.37. The second-order valence-corrected chi connectivity index (χ2v) is 5.87. The molecule has 0 saturated heterocycles. The molecule has 0 radical (unpaired) electrons. The van der Waals surface area contributed by atoms with Crippen LogP contribution in [0.3, 0.4) is 0 Å². The molecule has 20 heavy (non-hydrogen) atoms. The Morgan fingerprint density at radius 2 is 2.10 bits per heavy atom. The highest BCUT2D eigenvalue weighted by Crippen LogP contribution is 2.33. The van der Waals surface area contributed by atoms with Gasteiger partial charge in [-0.05, 0) is 31.7 Å². The fraction of sp³-hybridized carbons (Fsp3) is 0.400. The van der Waals surface area contributed by atoms with E-state index in [1.165, 1.54) is 5.56 Å². The van der Waals surface area contributed by atoms with E-state index >= 15 is 0 Å². The molecule has 0 saturated carbocycles. The molecule has 0 spiro atoms. The van der Waals surface area contributed by atoms with Crippen molar-refractivity contribution in [3.05, 3.63) is 39.8 Å². The Morgan fingerprint density at radius 3 is 2.80 bits per heavy atom. The molecule has 2 aromatic rings. The number of benzene rings is 1. The third-order valence-corrected chi connectivity index (χ3v) is 4.22. The Labute approximate surface area is 122 Å². The Morgan fingerprint density at radius 1 is 1.30 bits per heavy atom. The van der Waals surface area contributed by atoms with Crippen molar-refractivity contribution < 1.29 is 9.47 Å². The van der Waals surface area contributed by atoms with Gasteiger partial charge in [-0.25, -0.2) is 4.98 Å². The van der Waals surface area contributed by atoms with E-state index in [0.29, 0.717) is 13.2 Å². The highest BCUT2D eigenvalue weighted by atomic mass is 32.1. The van der Waals surface area contributed by atoms with E-state index in [9.17, 15) is 0 Å². The fourth-order valence-electron chi connectivity index (χ4n) is 2.37. The summed E-state index contributed by atoms with van der Waals surface area (Å²) in [6.45, 7) is 3.28. The minimum absolute atomic E-state index is 0.229. The average Bonchev–Trinajstić information content (AvgIpc) is 2.89. The largest absolute Gasteiger partial charge is 0.486 e. The molecule has 1 aromatic heterocycles. The van der Waals surface area contributed by atoms with Gasteiger partial charge in [0, 0.05) is 17.8 Å². The van der Waals surface area contributed by atoms with Crippen LogP contribution in [0.1, 0.15) is 22.3 Å². The molecular formula is C15H18N2O2S. The third kappa shape index (κ3) is 2.78. The molecule has 1 aliphatic rings. The van der Waals surface area contributed by atoms with Gasteiger partial charge < -0.3 is 14.8 Å². The summed E-state index contributed by atoms with van der Waals surface area (Å²) < 4.78 is 11.2. The monoisotopic (exact) mass is 290 g/mol. The number of aromatic nitrogens is 1. The molecule has 0 aliphatic carbocycles. The van der Waals surface area contributed by atoms with Crippen LogP contribution in [-0.2, 0) is 6.42 Å². The van der Waals surface area contributed by atoms with E-state index in [4.69, 9.17) is 9.47 Å². The summed E-state index contributed by atoms with van der Waals surface area (Å²) in [5.74, 6) is 1.67. The summed E-state index contributed by atoms with van der Waals surface area (Å²) in [5, 5.41) is 6.58. The van der Waals surface area contributed by atoms with Crippen LogP contribution in [0.2, 0.25) is 0 Å². The molecule has 0 amide bonds. The molecule has 0 bridgehead atoms. The zero-order chi connectivity index (χ0) is 13.9. The van der Waals surface area contributed by atoms with E-state index in [1.54, 1.807) is 11.3 Å². The summed E-state index contributed by atoms with van der Waals surface area (Å²) in [6.07, 6.45) is 0.875. The molecule has 1 aromatic carbocycles. The van der Waals surface area contributed by atoms with Crippen molar-refractivity contribution in [3.8, 4) is 11.5 Å². The number of hydrogen-bond donors (Lipinski definition) is 1. The molecule has 3 rings (SSSR count). The first-order valence-corrected chi connectivity index (χ1v) is 7.62. The predicted octanol–water partition coefficient (Wildman–Crippen LogP) is 2.73. The number of fused-ring (bicyclic) bond motifs is 1. The number of aryl methyl sites for hydroxylation is 1. The summed E-state index contributed by atoms with van der Waals surface area (Å²) >= 11 is 1.69. The highest BCUT2D eigenvalue weighted by Gasteiger charge is 2.17. The first-order chi connectivity index (χ1) is 9.76. The number of hydrogen-bond acceptors (Lipinski definition) is 5. The first-order valence-electron chi connectivity index (χ1n) is 6.74. The molecule has 1 unspecified atom stereocenters. The summed E-state index contributed by atoms with van der Waals surface area (Å²) in [5.41, 5.74) is 2.32. The maximum atomic E-state index is 5.65. The summed E-state index contributed by atoms with van der Waals surface area (Å²) in [7, 11) is 1.97. The molecule has 2 heterocycles. The molecule has 0 fully saturated rings. The van der Waals surface area contributed by atoms with Gasteiger partial charge in [0.25, 0.3) is 0 Å². The van der Waals surface area contributed by atoms with Crippen molar-refractivity contribution in [2.75, 3.05) is 20.3 Å². The van der Waals surface area contributed by atoms with Crippen LogP contribution in [0.25, 0.3) is 0 Å². The zero-order valence-electron chi connectivity index (χ0n) is 11.7. The molecule has 5 heteroatoms. The minimum Gasteiger partial charge on any atom is -0.486 e. The normalized spacial score (nSPS) is 15.1. The van der Waals surface area contributed by atoms with Gasteiger partial charge in [0.15, 0.2) is 11.5 Å². The zero-order valence-corrected chi connectivity index (χ0v) is 12.5. The Hall–Kier alpha value is -1.59. The average molecular weight is 290 g/mol. The van der Waals surface area contributed by atoms with Crippen molar-refractivity contribution in [1.29, 1.82) is 0 Å². The van der Waals surface area contributed by atoms with Gasteiger partial charge in [-0.2, -0.15) is 0 Å². The number of nitrogens with zero attached hydrogens (tertiary/aromatic N) is 1. The molecule has 4 nitrogen and oxygen atoms in total. The quantitative estimate of drug-likeness (QED) is 0.940. The molecular weight excluding hydrogens is 272 g/mol. The van der Waals surface area contributed by atoms with Gasteiger partial charge >= 0.3 is 0 Å². The van der Waals surface area contributed by atoms with Crippen LogP contribution in [0.4, 0.5) is 0 Å². The Kier molecular flexibility index (Phi) is 3.89. The lowest BCUT2D eigenvalue weighted by molar-refractivity contribution is 0.171. The van der Waals surface area contributed by atoms with Crippen LogP contribution in [0, 0.1) is 6.92 Å². The van der Waals surface area contributed by atoms with Crippen molar-refractivity contribution in [2.24, 2.45) is 0 Å². The molecule has 1 N–H and O–H groups in total. The van der Waals surface area contributed by atoms with Crippen molar-refractivity contribution in [1.82, 2.24) is 10.3 Å². The van der Waals surface area contributed by atoms with Gasteiger partial charge in [-0.1, -0.05) is 6.07 Å². The van der Waals surface area contributed by atoms with Gasteiger partial charge in [0.05, 0.1) is 10.7 Å². The number of thiazole rings is 1. The maximum absolute atomic E-state index is 5.65. The maximum Gasteiger partial charge on any atom is 0.161 e. The predicted molar refractivity (Wildman–Crippen MR) is 79.8 cm³/mol. The lowest BCUT2D eigenvalue weighted by Gasteiger charge is -2.21. The highest BCUT2D eigenvalue weighted by molar-refractivity contribution is 7.09.